The highest BCUT2D eigenvalue weighted by molar-refractivity contribution is 5.80. The average molecular weight is 247 g/mol. The van der Waals surface area contributed by atoms with Crippen LogP contribution < -0.4 is 5.32 Å². The first-order chi connectivity index (χ1) is 7.76. The van der Waals surface area contributed by atoms with Crippen LogP contribution in [0.4, 0.5) is 4.79 Å². The van der Waals surface area contributed by atoms with Gasteiger partial charge in [0, 0.05) is 7.11 Å². The van der Waals surface area contributed by atoms with Gasteiger partial charge in [-0.15, -0.1) is 0 Å². The smallest absolute Gasteiger partial charge is 0.408 e. The molecule has 0 aliphatic carbocycles. The molecule has 0 bridgehead atoms. The van der Waals surface area contributed by atoms with Gasteiger partial charge in [-0.3, -0.25) is 0 Å². The van der Waals surface area contributed by atoms with Crippen molar-refractivity contribution in [3.8, 4) is 0 Å². The van der Waals surface area contributed by atoms with E-state index in [1.807, 2.05) is 0 Å². The van der Waals surface area contributed by atoms with E-state index in [2.05, 4.69) is 5.32 Å². The summed E-state index contributed by atoms with van der Waals surface area (Å²) in [5.74, 6) is -0.520. The van der Waals surface area contributed by atoms with Crippen molar-refractivity contribution in [2.75, 3.05) is 20.3 Å². The van der Waals surface area contributed by atoms with Crippen LogP contribution in [-0.2, 0) is 19.0 Å². The predicted octanol–water partition coefficient (Wildman–Crippen LogP) is 1.09. The maximum absolute atomic E-state index is 11.4. The van der Waals surface area contributed by atoms with Crippen LogP contribution in [-0.4, -0.2) is 44.0 Å². The van der Waals surface area contributed by atoms with Crippen LogP contribution in [0.3, 0.4) is 0 Å². The molecule has 0 aromatic carbocycles. The fraction of sp³-hybridized carbons (Fsp3) is 0.818. The Labute approximate surface area is 102 Å². The Morgan fingerprint density at radius 1 is 1.24 bits per heavy atom. The van der Waals surface area contributed by atoms with Crippen LogP contribution in [0, 0.1) is 0 Å². The Morgan fingerprint density at radius 3 is 2.29 bits per heavy atom. The van der Waals surface area contributed by atoms with Gasteiger partial charge in [0.15, 0.2) is 0 Å². The van der Waals surface area contributed by atoms with E-state index in [4.69, 9.17) is 14.2 Å². The molecular weight excluding hydrogens is 226 g/mol. The van der Waals surface area contributed by atoms with Crippen molar-refractivity contribution in [2.24, 2.45) is 0 Å². The summed E-state index contributed by atoms with van der Waals surface area (Å²) in [5.41, 5.74) is -0.593. The number of alkyl carbamates (subject to hydrolysis) is 1. The molecule has 17 heavy (non-hydrogen) atoms. The highest BCUT2D eigenvalue weighted by Gasteiger charge is 2.21. The normalized spacial score (nSPS) is 12.8. The molecule has 0 saturated heterocycles. The maximum Gasteiger partial charge on any atom is 0.408 e. The topological polar surface area (TPSA) is 73.9 Å². The lowest BCUT2D eigenvalue weighted by Gasteiger charge is -2.21. The first kappa shape index (κ1) is 15.7. The fourth-order valence-electron chi connectivity index (χ4n) is 0.894. The van der Waals surface area contributed by atoms with Gasteiger partial charge < -0.3 is 19.5 Å². The van der Waals surface area contributed by atoms with E-state index in [-0.39, 0.29) is 6.61 Å². The molecule has 0 aliphatic heterocycles. The number of amides is 1. The number of esters is 1. The number of nitrogens with one attached hydrogen (secondary N) is 1. The Bertz CT molecular complexity index is 259. The van der Waals surface area contributed by atoms with Crippen molar-refractivity contribution >= 4 is 12.1 Å². The number of rotatable bonds is 5. The summed E-state index contributed by atoms with van der Waals surface area (Å²) < 4.78 is 14.6. The van der Waals surface area contributed by atoms with Gasteiger partial charge in [-0.25, -0.2) is 9.59 Å². The minimum Gasteiger partial charge on any atom is -0.462 e. The van der Waals surface area contributed by atoms with E-state index < -0.39 is 23.7 Å². The van der Waals surface area contributed by atoms with Crippen LogP contribution in [0.15, 0.2) is 0 Å². The molecule has 6 heteroatoms. The van der Waals surface area contributed by atoms with E-state index in [0.29, 0.717) is 6.61 Å². The Balaban J connectivity index is 3.95. The number of methoxy groups -OCH3 is 1. The molecule has 1 atom stereocenters. The van der Waals surface area contributed by atoms with Gasteiger partial charge in [0.25, 0.3) is 0 Å². The van der Waals surface area contributed by atoms with Gasteiger partial charge in [-0.05, 0) is 27.7 Å². The van der Waals surface area contributed by atoms with E-state index in [9.17, 15) is 9.59 Å². The second-order valence-corrected chi connectivity index (χ2v) is 4.53. The maximum atomic E-state index is 11.4. The standard InChI is InChI=1S/C11H21NO5/c1-8(9(13)16-7-6-15-5)12-10(14)17-11(2,3)4/h8H,6-7H2,1-5H3,(H,12,14)/t8-/m0/s1. The van der Waals surface area contributed by atoms with Crippen molar-refractivity contribution < 1.29 is 23.8 Å². The lowest BCUT2D eigenvalue weighted by Crippen LogP contribution is -2.42. The SMILES string of the molecule is COCCOC(=O)[C@H](C)NC(=O)OC(C)(C)C. The largest absolute Gasteiger partial charge is 0.462 e. The number of ether oxygens (including phenoxy) is 3. The van der Waals surface area contributed by atoms with Gasteiger partial charge in [0.2, 0.25) is 0 Å². The zero-order chi connectivity index (χ0) is 13.5. The number of hydrogen-bond donors (Lipinski definition) is 1. The molecule has 0 aromatic heterocycles. The van der Waals surface area contributed by atoms with E-state index in [1.165, 1.54) is 14.0 Å². The summed E-state index contributed by atoms with van der Waals surface area (Å²) in [6, 6.07) is -0.748. The molecule has 0 radical (unpaired) electrons. The van der Waals surface area contributed by atoms with Crippen LogP contribution in [0.25, 0.3) is 0 Å². The Hall–Kier alpha value is -1.30. The molecule has 0 heterocycles. The molecule has 0 saturated carbocycles. The Morgan fingerprint density at radius 2 is 1.82 bits per heavy atom. The van der Waals surface area contributed by atoms with Gasteiger partial charge in [0.05, 0.1) is 6.61 Å². The summed E-state index contributed by atoms with van der Waals surface area (Å²) in [5, 5.41) is 2.39. The summed E-state index contributed by atoms with van der Waals surface area (Å²) in [6.07, 6.45) is -0.645. The molecule has 0 aliphatic rings. The predicted molar refractivity (Wildman–Crippen MR) is 61.7 cm³/mol. The van der Waals surface area contributed by atoms with E-state index in [1.54, 1.807) is 20.8 Å². The zero-order valence-electron chi connectivity index (χ0n) is 11.0. The summed E-state index contributed by atoms with van der Waals surface area (Å²) in [4.78, 5) is 22.7. The zero-order valence-corrected chi connectivity index (χ0v) is 11.0. The quantitative estimate of drug-likeness (QED) is 0.581. The highest BCUT2D eigenvalue weighted by Crippen LogP contribution is 2.06. The third kappa shape index (κ3) is 8.50. The van der Waals surface area contributed by atoms with Gasteiger partial charge in [-0.1, -0.05) is 0 Å². The van der Waals surface area contributed by atoms with Crippen molar-refractivity contribution in [1.82, 2.24) is 5.32 Å². The molecule has 1 amide bonds. The van der Waals surface area contributed by atoms with Crippen LogP contribution in [0.1, 0.15) is 27.7 Å². The molecule has 6 nitrogen and oxygen atoms in total. The molecule has 0 aromatic rings. The summed E-state index contributed by atoms with van der Waals surface area (Å²) >= 11 is 0. The molecule has 0 spiro atoms. The number of carbonyl (C=O) groups excluding carboxylic acids is 2. The number of hydrogen-bond acceptors (Lipinski definition) is 5. The first-order valence-corrected chi connectivity index (χ1v) is 5.41. The Kier molecular flexibility index (Phi) is 6.57. The second-order valence-electron chi connectivity index (χ2n) is 4.53. The monoisotopic (exact) mass is 247 g/mol. The van der Waals surface area contributed by atoms with Crippen molar-refractivity contribution in [1.29, 1.82) is 0 Å². The fourth-order valence-corrected chi connectivity index (χ4v) is 0.894. The molecule has 0 fully saturated rings. The molecule has 100 valence electrons. The lowest BCUT2D eigenvalue weighted by molar-refractivity contribution is -0.146. The van der Waals surface area contributed by atoms with Crippen LogP contribution in [0.2, 0.25) is 0 Å². The van der Waals surface area contributed by atoms with Gasteiger partial charge >= 0.3 is 12.1 Å². The van der Waals surface area contributed by atoms with Gasteiger partial charge in [-0.2, -0.15) is 0 Å². The average Bonchev–Trinajstić information content (AvgIpc) is 2.14. The minimum absolute atomic E-state index is 0.162. The highest BCUT2D eigenvalue weighted by atomic mass is 16.6. The van der Waals surface area contributed by atoms with E-state index >= 15 is 0 Å². The van der Waals surface area contributed by atoms with Crippen LogP contribution >= 0.6 is 0 Å². The van der Waals surface area contributed by atoms with Crippen molar-refractivity contribution in [3.63, 3.8) is 0 Å². The first-order valence-electron chi connectivity index (χ1n) is 5.41. The van der Waals surface area contributed by atoms with E-state index in [0.717, 1.165) is 0 Å². The third-order valence-corrected chi connectivity index (χ3v) is 1.62. The van der Waals surface area contributed by atoms with Crippen molar-refractivity contribution in [2.45, 2.75) is 39.3 Å². The van der Waals surface area contributed by atoms with Crippen molar-refractivity contribution in [3.05, 3.63) is 0 Å². The molecule has 1 N–H and O–H groups in total. The molecule has 0 unspecified atom stereocenters. The van der Waals surface area contributed by atoms with Gasteiger partial charge in [0.1, 0.15) is 18.2 Å². The number of carbonyl (C=O) groups is 2. The van der Waals surface area contributed by atoms with Crippen LogP contribution in [0.5, 0.6) is 0 Å². The summed E-state index contributed by atoms with van der Waals surface area (Å²) in [6.45, 7) is 7.25. The molecular formula is C11H21NO5. The second kappa shape index (κ2) is 7.11. The molecule has 0 rings (SSSR count). The summed E-state index contributed by atoms with van der Waals surface area (Å²) in [7, 11) is 1.51. The lowest BCUT2D eigenvalue weighted by atomic mass is 10.2. The minimum atomic E-state index is -0.748. The third-order valence-electron chi connectivity index (χ3n) is 1.62.